The summed E-state index contributed by atoms with van der Waals surface area (Å²) >= 11 is 5.32. The molecule has 4 aliphatic rings. The quantitative estimate of drug-likeness (QED) is 0.467. The Balaban J connectivity index is 1.43. The number of nitrogens with zero attached hydrogens (tertiary/aromatic N) is 5. The number of morpholine rings is 1. The highest BCUT2D eigenvalue weighted by Crippen LogP contribution is 2.38. The van der Waals surface area contributed by atoms with E-state index in [4.69, 9.17) is 17.0 Å². The number of aliphatic hydroxyl groups excluding tert-OH is 1. The van der Waals surface area contributed by atoms with Gasteiger partial charge in [-0.1, -0.05) is 24.4 Å². The second-order valence-electron chi connectivity index (χ2n) is 10.4. The van der Waals surface area contributed by atoms with Crippen molar-refractivity contribution >= 4 is 33.1 Å². The number of aromatic nitrogens is 2. The number of anilines is 1. The molecule has 3 aliphatic heterocycles. The molecular weight excluding hydrogens is 559 g/mol. The molecule has 10 nitrogen and oxygen atoms in total. The average Bonchev–Trinajstić information content (AvgIpc) is 3.04. The Labute approximate surface area is 229 Å². The monoisotopic (exact) mass is 589 g/mol. The number of halogens is 3. The molecule has 15 heteroatoms. The molecule has 1 aromatic heterocycles. The first-order valence-corrected chi connectivity index (χ1v) is 14.5. The third kappa shape index (κ3) is 5.25. The number of aliphatic hydroxyl groups is 2. The normalized spacial score (nSPS) is 30.4. The number of sulfonamides is 1. The lowest BCUT2D eigenvalue weighted by Gasteiger charge is -2.45. The SMILES string of the molecule is C[C@](O)(c1cnc(N2CCN(S(=O)(=O)C3=CC=CCC3=S)C[C@@H]2CN2[C@@H]3COC[C@H]2[C@@H](O)C3)nc1)C(F)(F)F. The van der Waals surface area contributed by atoms with Crippen molar-refractivity contribution in [3.8, 4) is 0 Å². The van der Waals surface area contributed by atoms with Crippen LogP contribution < -0.4 is 4.90 Å². The van der Waals surface area contributed by atoms with Crippen LogP contribution in [0.15, 0.2) is 35.5 Å². The maximum Gasteiger partial charge on any atom is 0.421 e. The van der Waals surface area contributed by atoms with Crippen molar-refractivity contribution in [3.05, 3.63) is 41.1 Å². The fourth-order valence-corrected chi connectivity index (χ4v) is 7.60. The van der Waals surface area contributed by atoms with Gasteiger partial charge in [0.05, 0.1) is 36.3 Å². The van der Waals surface area contributed by atoms with Crippen molar-refractivity contribution in [2.24, 2.45) is 0 Å². The van der Waals surface area contributed by atoms with Crippen LogP contribution in [0.1, 0.15) is 25.3 Å². The van der Waals surface area contributed by atoms with Crippen LogP contribution in [-0.2, 0) is 20.4 Å². The molecular formula is C24H30F3N5O5S2. The average molecular weight is 590 g/mol. The van der Waals surface area contributed by atoms with Crippen LogP contribution in [-0.4, -0.2) is 112 Å². The minimum atomic E-state index is -4.92. The Bertz CT molecular complexity index is 1270. The van der Waals surface area contributed by atoms with E-state index in [0.29, 0.717) is 44.4 Å². The van der Waals surface area contributed by atoms with E-state index in [1.165, 1.54) is 10.4 Å². The highest BCUT2D eigenvalue weighted by molar-refractivity contribution is 7.96. The Morgan fingerprint density at radius 1 is 1.21 bits per heavy atom. The lowest BCUT2D eigenvalue weighted by molar-refractivity contribution is -0.259. The number of rotatable bonds is 6. The van der Waals surface area contributed by atoms with Crippen molar-refractivity contribution in [2.45, 2.75) is 55.8 Å². The molecule has 0 saturated carbocycles. The molecule has 2 bridgehead atoms. The van der Waals surface area contributed by atoms with Gasteiger partial charge in [0.1, 0.15) is 0 Å². The first-order valence-electron chi connectivity index (χ1n) is 12.6. The number of allylic oxidation sites excluding steroid dienone is 4. The number of hydrogen-bond acceptors (Lipinski definition) is 10. The van der Waals surface area contributed by atoms with Gasteiger partial charge in [0.15, 0.2) is 5.60 Å². The van der Waals surface area contributed by atoms with E-state index < -0.39 is 39.5 Å². The highest BCUT2D eigenvalue weighted by atomic mass is 32.2. The van der Waals surface area contributed by atoms with Gasteiger partial charge in [-0.2, -0.15) is 17.5 Å². The first-order chi connectivity index (χ1) is 18.3. The van der Waals surface area contributed by atoms with Crippen LogP contribution in [0.5, 0.6) is 0 Å². The summed E-state index contributed by atoms with van der Waals surface area (Å²) in [5.41, 5.74) is -3.63. The molecule has 0 unspecified atom stereocenters. The smallest absolute Gasteiger partial charge is 0.391 e. The molecule has 5 rings (SSSR count). The number of thiocarbonyl (C=S) groups is 1. The van der Waals surface area contributed by atoms with Gasteiger partial charge in [-0.15, -0.1) is 0 Å². The van der Waals surface area contributed by atoms with E-state index in [0.717, 1.165) is 12.4 Å². The number of alkyl halides is 3. The molecule has 0 aromatic carbocycles. The molecule has 1 aliphatic carbocycles. The van der Waals surface area contributed by atoms with Gasteiger partial charge in [-0.05, 0) is 19.4 Å². The van der Waals surface area contributed by atoms with Gasteiger partial charge >= 0.3 is 6.18 Å². The first kappa shape index (κ1) is 28.5. The molecule has 0 spiro atoms. The van der Waals surface area contributed by atoms with Crippen molar-refractivity contribution in [3.63, 3.8) is 0 Å². The van der Waals surface area contributed by atoms with Gasteiger partial charge in [-0.3, -0.25) is 4.90 Å². The topological polar surface area (TPSA) is 119 Å². The van der Waals surface area contributed by atoms with E-state index in [1.54, 1.807) is 17.1 Å². The molecule has 4 heterocycles. The highest BCUT2D eigenvalue weighted by Gasteiger charge is 2.52. The van der Waals surface area contributed by atoms with E-state index in [1.807, 2.05) is 0 Å². The predicted octanol–water partition coefficient (Wildman–Crippen LogP) is 1.11. The number of ether oxygens (including phenoxy) is 1. The molecule has 1 aromatic rings. The summed E-state index contributed by atoms with van der Waals surface area (Å²) in [5.74, 6) is 0.121. The van der Waals surface area contributed by atoms with Crippen LogP contribution in [0.25, 0.3) is 0 Å². The summed E-state index contributed by atoms with van der Waals surface area (Å²) < 4.78 is 74.0. The zero-order valence-electron chi connectivity index (χ0n) is 21.2. The van der Waals surface area contributed by atoms with Crippen molar-refractivity contribution in [2.75, 3.05) is 44.3 Å². The zero-order chi connectivity index (χ0) is 28.2. The van der Waals surface area contributed by atoms with Gasteiger partial charge in [-0.25, -0.2) is 18.4 Å². The Morgan fingerprint density at radius 2 is 1.92 bits per heavy atom. The Morgan fingerprint density at radius 3 is 2.56 bits per heavy atom. The predicted molar refractivity (Wildman–Crippen MR) is 139 cm³/mol. The summed E-state index contributed by atoms with van der Waals surface area (Å²) in [7, 11) is -3.89. The second kappa shape index (κ2) is 10.4. The summed E-state index contributed by atoms with van der Waals surface area (Å²) in [6.45, 7) is 2.10. The Hall–Kier alpha value is -2.01. The molecule has 0 amide bonds. The molecule has 3 fully saturated rings. The van der Waals surface area contributed by atoms with Crippen LogP contribution in [0, 0.1) is 0 Å². The molecule has 0 radical (unpaired) electrons. The van der Waals surface area contributed by atoms with Crippen molar-refractivity contribution in [1.29, 1.82) is 0 Å². The standard InChI is InChI=1S/C24H30F3N5O5S2/c1-23(34,24(25,26)27)15-9-28-22(29-10-15)31-7-6-30(39(35,36)21-5-3-2-4-20(21)38)11-17(31)12-32-16-8-19(33)18(32)14-37-13-16/h2-3,5,9-10,16-19,33-34H,4,6-8,11-14H2,1H3/t16-,17+,18-,19-,23-/m0/s1. The van der Waals surface area contributed by atoms with Crippen LogP contribution >= 0.6 is 12.2 Å². The lowest BCUT2D eigenvalue weighted by atomic mass is 9.99. The van der Waals surface area contributed by atoms with Gasteiger partial charge < -0.3 is 19.8 Å². The second-order valence-corrected chi connectivity index (χ2v) is 12.8. The van der Waals surface area contributed by atoms with Crippen LogP contribution in [0.4, 0.5) is 19.1 Å². The molecule has 5 atom stereocenters. The van der Waals surface area contributed by atoms with E-state index >= 15 is 0 Å². The van der Waals surface area contributed by atoms with Gasteiger partial charge in [0.25, 0.3) is 0 Å². The minimum Gasteiger partial charge on any atom is -0.391 e. The fraction of sp³-hybridized carbons (Fsp3) is 0.625. The van der Waals surface area contributed by atoms with Crippen molar-refractivity contribution in [1.82, 2.24) is 19.2 Å². The van der Waals surface area contributed by atoms with E-state index in [9.17, 15) is 31.8 Å². The largest absolute Gasteiger partial charge is 0.421 e. The van der Waals surface area contributed by atoms with Crippen molar-refractivity contribution < 1.29 is 36.5 Å². The Kier molecular flexibility index (Phi) is 7.63. The molecule has 2 N–H and O–H groups in total. The van der Waals surface area contributed by atoms with Crippen LogP contribution in [0.3, 0.4) is 0 Å². The summed E-state index contributed by atoms with van der Waals surface area (Å²) in [4.78, 5) is 12.6. The summed E-state index contributed by atoms with van der Waals surface area (Å²) in [5, 5.41) is 20.5. The molecule has 39 heavy (non-hydrogen) atoms. The maximum atomic E-state index is 13.6. The number of fused-ring (bicyclic) bond motifs is 2. The third-order valence-corrected chi connectivity index (χ3v) is 10.4. The lowest BCUT2D eigenvalue weighted by Crippen LogP contribution is -2.61. The molecule has 214 valence electrons. The summed E-state index contributed by atoms with van der Waals surface area (Å²) in [6.07, 6.45) is 2.23. The fourth-order valence-electron chi connectivity index (χ4n) is 5.53. The zero-order valence-corrected chi connectivity index (χ0v) is 22.8. The van der Waals surface area contributed by atoms with Gasteiger partial charge in [0.2, 0.25) is 16.0 Å². The maximum absolute atomic E-state index is 13.6. The molecule has 3 saturated heterocycles. The third-order valence-electron chi connectivity index (χ3n) is 7.91. The minimum absolute atomic E-state index is 0.0449. The van der Waals surface area contributed by atoms with Crippen LogP contribution in [0.2, 0.25) is 0 Å². The number of piperazine rings is 1. The van der Waals surface area contributed by atoms with E-state index in [-0.39, 0.29) is 42.6 Å². The van der Waals surface area contributed by atoms with E-state index in [2.05, 4.69) is 14.9 Å². The summed E-state index contributed by atoms with van der Waals surface area (Å²) in [6, 6.07) is -0.776. The number of hydrogen-bond donors (Lipinski definition) is 2. The van der Waals surface area contributed by atoms with Gasteiger partial charge in [0, 0.05) is 61.5 Å².